The highest BCUT2D eigenvalue weighted by molar-refractivity contribution is 5.92. The monoisotopic (exact) mass is 355 g/mol. The number of ether oxygens (including phenoxy) is 2. The summed E-state index contributed by atoms with van der Waals surface area (Å²) in [5.74, 6) is 1.27. The number of benzene rings is 1. The molecule has 0 aliphatic heterocycles. The van der Waals surface area contributed by atoms with Crippen molar-refractivity contribution in [3.8, 4) is 11.5 Å². The van der Waals surface area contributed by atoms with E-state index in [9.17, 15) is 4.79 Å². The lowest BCUT2D eigenvalue weighted by Gasteiger charge is -2.07. The molecule has 1 amide bonds. The van der Waals surface area contributed by atoms with E-state index in [1.54, 1.807) is 30.3 Å². The molecule has 0 saturated carbocycles. The molecule has 8 nitrogen and oxygen atoms in total. The van der Waals surface area contributed by atoms with E-state index < -0.39 is 0 Å². The molecular formula is C18H21N5O3. The van der Waals surface area contributed by atoms with Crippen LogP contribution in [0.1, 0.15) is 16.9 Å². The Morgan fingerprint density at radius 2 is 1.92 bits per heavy atom. The number of hydrogen-bond acceptors (Lipinski definition) is 5. The van der Waals surface area contributed by atoms with Crippen LogP contribution in [-0.2, 0) is 13.3 Å². The first-order valence-corrected chi connectivity index (χ1v) is 8.30. The number of carbonyl (C=O) groups is 1. The van der Waals surface area contributed by atoms with Gasteiger partial charge in [-0.15, -0.1) is 0 Å². The van der Waals surface area contributed by atoms with Gasteiger partial charge >= 0.3 is 0 Å². The Labute approximate surface area is 151 Å². The Morgan fingerprint density at radius 1 is 1.12 bits per heavy atom. The number of carbonyl (C=O) groups excluding carboxylic acids is 1. The van der Waals surface area contributed by atoms with Crippen molar-refractivity contribution in [3.63, 3.8) is 0 Å². The van der Waals surface area contributed by atoms with Gasteiger partial charge in [0.05, 0.1) is 7.11 Å². The molecular weight excluding hydrogens is 334 g/mol. The minimum Gasteiger partial charge on any atom is -0.497 e. The first-order valence-electron chi connectivity index (χ1n) is 8.30. The predicted octanol–water partition coefficient (Wildman–Crippen LogP) is 1.94. The van der Waals surface area contributed by atoms with Crippen LogP contribution in [-0.4, -0.2) is 39.1 Å². The topological polar surface area (TPSA) is 83.2 Å². The molecule has 0 aliphatic rings. The smallest absolute Gasteiger partial charge is 0.271 e. The van der Waals surface area contributed by atoms with Crippen LogP contribution in [0.3, 0.4) is 0 Å². The second-order valence-corrected chi connectivity index (χ2v) is 5.57. The Kier molecular flexibility index (Phi) is 5.87. The maximum atomic E-state index is 12.1. The fourth-order valence-corrected chi connectivity index (χ4v) is 2.33. The molecule has 0 atom stereocenters. The number of aryl methyl sites for hydroxylation is 1. The van der Waals surface area contributed by atoms with Gasteiger partial charge in [0.25, 0.3) is 5.91 Å². The maximum absolute atomic E-state index is 12.1. The summed E-state index contributed by atoms with van der Waals surface area (Å²) >= 11 is 0. The van der Waals surface area contributed by atoms with Crippen molar-refractivity contribution in [2.45, 2.75) is 19.7 Å². The highest BCUT2D eigenvalue weighted by Gasteiger charge is 2.09. The summed E-state index contributed by atoms with van der Waals surface area (Å²) in [7, 11) is 1.61. The molecule has 0 bridgehead atoms. The van der Waals surface area contributed by atoms with Crippen LogP contribution in [0.4, 0.5) is 0 Å². The van der Waals surface area contributed by atoms with Gasteiger partial charge < -0.3 is 14.8 Å². The molecule has 0 aliphatic carbocycles. The number of aromatic nitrogens is 4. The molecule has 3 rings (SSSR count). The van der Waals surface area contributed by atoms with Gasteiger partial charge in [0.2, 0.25) is 0 Å². The molecule has 2 aromatic heterocycles. The molecule has 26 heavy (non-hydrogen) atoms. The SMILES string of the molecule is COc1ccc(OCn2ccc(C(=O)NCCCn3cccn3)n2)cc1. The second kappa shape index (κ2) is 8.70. The van der Waals surface area contributed by atoms with Crippen molar-refractivity contribution >= 4 is 5.91 Å². The number of methoxy groups -OCH3 is 1. The van der Waals surface area contributed by atoms with E-state index in [0.29, 0.717) is 18.0 Å². The van der Waals surface area contributed by atoms with E-state index in [0.717, 1.165) is 18.7 Å². The van der Waals surface area contributed by atoms with E-state index >= 15 is 0 Å². The van der Waals surface area contributed by atoms with Crippen molar-refractivity contribution in [2.75, 3.05) is 13.7 Å². The van der Waals surface area contributed by atoms with Gasteiger partial charge in [-0.25, -0.2) is 4.68 Å². The lowest BCUT2D eigenvalue weighted by atomic mass is 10.3. The largest absolute Gasteiger partial charge is 0.497 e. The zero-order valence-electron chi connectivity index (χ0n) is 14.5. The van der Waals surface area contributed by atoms with E-state index in [2.05, 4.69) is 15.5 Å². The van der Waals surface area contributed by atoms with Gasteiger partial charge in [-0.2, -0.15) is 10.2 Å². The standard InChI is InChI=1S/C18H21N5O3/c1-25-15-4-6-16(7-5-15)26-14-23-13-8-17(21-23)18(24)19-9-2-11-22-12-3-10-20-22/h3-8,10,12-13H,2,9,11,14H2,1H3,(H,19,24). The third kappa shape index (κ3) is 4.85. The van der Waals surface area contributed by atoms with Gasteiger partial charge in [0, 0.05) is 31.7 Å². The maximum Gasteiger partial charge on any atom is 0.271 e. The van der Waals surface area contributed by atoms with Crippen molar-refractivity contribution in [2.24, 2.45) is 0 Å². The van der Waals surface area contributed by atoms with E-state index in [1.807, 2.05) is 41.2 Å². The van der Waals surface area contributed by atoms with Crippen molar-refractivity contribution < 1.29 is 14.3 Å². The minimum absolute atomic E-state index is 0.200. The summed E-state index contributed by atoms with van der Waals surface area (Å²) in [5, 5.41) is 11.2. The Morgan fingerprint density at radius 3 is 2.65 bits per heavy atom. The van der Waals surface area contributed by atoms with E-state index in [-0.39, 0.29) is 12.6 Å². The average Bonchev–Trinajstić information content (AvgIpc) is 3.36. The predicted molar refractivity (Wildman–Crippen MR) is 95.0 cm³/mol. The average molecular weight is 355 g/mol. The summed E-state index contributed by atoms with van der Waals surface area (Å²) in [4.78, 5) is 12.1. The van der Waals surface area contributed by atoms with Crippen molar-refractivity contribution in [1.29, 1.82) is 0 Å². The summed E-state index contributed by atoms with van der Waals surface area (Å²) in [6.07, 6.45) is 6.14. The molecule has 1 N–H and O–H groups in total. The zero-order chi connectivity index (χ0) is 18.2. The van der Waals surface area contributed by atoms with Gasteiger partial charge in [-0.1, -0.05) is 0 Å². The highest BCUT2D eigenvalue weighted by Crippen LogP contribution is 2.17. The van der Waals surface area contributed by atoms with Crippen LogP contribution in [0, 0.1) is 0 Å². The molecule has 2 heterocycles. The number of amides is 1. The first-order chi connectivity index (χ1) is 12.7. The van der Waals surface area contributed by atoms with Gasteiger partial charge in [0.1, 0.15) is 17.2 Å². The van der Waals surface area contributed by atoms with Crippen LogP contribution in [0.2, 0.25) is 0 Å². The van der Waals surface area contributed by atoms with Gasteiger partial charge in [-0.05, 0) is 42.8 Å². The molecule has 0 spiro atoms. The van der Waals surface area contributed by atoms with Gasteiger partial charge in [0.15, 0.2) is 6.73 Å². The third-order valence-electron chi connectivity index (χ3n) is 3.70. The molecule has 0 fully saturated rings. The zero-order valence-corrected chi connectivity index (χ0v) is 14.5. The van der Waals surface area contributed by atoms with Crippen molar-refractivity contribution in [3.05, 3.63) is 60.7 Å². The normalized spacial score (nSPS) is 10.5. The summed E-state index contributed by atoms with van der Waals surface area (Å²) in [6.45, 7) is 1.55. The number of nitrogens with one attached hydrogen (secondary N) is 1. The summed E-state index contributed by atoms with van der Waals surface area (Å²) in [5.41, 5.74) is 0.363. The summed E-state index contributed by atoms with van der Waals surface area (Å²) in [6, 6.07) is 10.8. The van der Waals surface area contributed by atoms with Crippen LogP contribution in [0.5, 0.6) is 11.5 Å². The minimum atomic E-state index is -0.200. The molecule has 136 valence electrons. The van der Waals surface area contributed by atoms with Crippen molar-refractivity contribution in [1.82, 2.24) is 24.9 Å². The fourth-order valence-electron chi connectivity index (χ4n) is 2.33. The first kappa shape index (κ1) is 17.5. The molecule has 0 unspecified atom stereocenters. The molecule has 3 aromatic rings. The fraction of sp³-hybridized carbons (Fsp3) is 0.278. The molecule has 1 aromatic carbocycles. The Bertz CT molecular complexity index is 812. The van der Waals surface area contributed by atoms with Crippen LogP contribution in [0.25, 0.3) is 0 Å². The molecule has 8 heteroatoms. The second-order valence-electron chi connectivity index (χ2n) is 5.57. The quantitative estimate of drug-likeness (QED) is 0.593. The lowest BCUT2D eigenvalue weighted by molar-refractivity contribution is 0.0945. The number of nitrogens with zero attached hydrogens (tertiary/aromatic N) is 4. The Hall–Kier alpha value is -3.29. The number of hydrogen-bond donors (Lipinski definition) is 1. The summed E-state index contributed by atoms with van der Waals surface area (Å²) < 4.78 is 14.1. The van der Waals surface area contributed by atoms with Crippen LogP contribution >= 0.6 is 0 Å². The lowest BCUT2D eigenvalue weighted by Crippen LogP contribution is -2.26. The van der Waals surface area contributed by atoms with Crippen LogP contribution < -0.4 is 14.8 Å². The Balaban J connectivity index is 1.42. The van der Waals surface area contributed by atoms with Gasteiger partial charge in [-0.3, -0.25) is 9.48 Å². The highest BCUT2D eigenvalue weighted by atomic mass is 16.5. The molecule has 0 saturated heterocycles. The number of rotatable bonds is 9. The van der Waals surface area contributed by atoms with E-state index in [1.165, 1.54) is 0 Å². The molecule has 0 radical (unpaired) electrons. The van der Waals surface area contributed by atoms with E-state index in [4.69, 9.17) is 9.47 Å². The third-order valence-corrected chi connectivity index (χ3v) is 3.70. The van der Waals surface area contributed by atoms with Crippen LogP contribution in [0.15, 0.2) is 55.0 Å².